The molecule has 0 bridgehead atoms. The van der Waals surface area contributed by atoms with Crippen LogP contribution >= 0.6 is 0 Å². The average molecular weight is 971 g/mol. The number of benzene rings is 11. The molecule has 2 heterocycles. The predicted octanol–water partition coefficient (Wildman–Crippen LogP) is 18.7. The number of hydrogen-bond acceptors (Lipinski definition) is 4. The summed E-state index contributed by atoms with van der Waals surface area (Å²) in [5, 5.41) is 7.31. The van der Waals surface area contributed by atoms with Crippen molar-refractivity contribution in [2.75, 3.05) is 0 Å². The van der Waals surface area contributed by atoms with Gasteiger partial charge in [-0.05, 0) is 155 Å². The summed E-state index contributed by atoms with van der Waals surface area (Å²) < 4.78 is 0. The maximum Gasteiger partial charge on any atom is 0.164 e. The van der Waals surface area contributed by atoms with E-state index in [-0.39, 0.29) is 5.41 Å². The molecular formula is C72H50N4. The largest absolute Gasteiger partial charge is 0.253 e. The fourth-order valence-corrected chi connectivity index (χ4v) is 11.6. The number of aromatic nitrogens is 4. The second-order valence-corrected chi connectivity index (χ2v) is 20.7. The zero-order chi connectivity index (χ0) is 50.9. The van der Waals surface area contributed by atoms with E-state index in [2.05, 4.69) is 257 Å². The third-order valence-corrected chi connectivity index (χ3v) is 15.6. The Morgan fingerprint density at radius 3 is 1.58 bits per heavy atom. The Kier molecular flexibility index (Phi) is 10.7. The summed E-state index contributed by atoms with van der Waals surface area (Å²) in [5.41, 5.74) is 19.8. The van der Waals surface area contributed by atoms with Gasteiger partial charge in [0.1, 0.15) is 0 Å². The van der Waals surface area contributed by atoms with Crippen molar-refractivity contribution >= 4 is 32.3 Å². The van der Waals surface area contributed by atoms with Crippen LogP contribution in [0.3, 0.4) is 0 Å². The van der Waals surface area contributed by atoms with Crippen LogP contribution in [0, 0.1) is 6.92 Å². The van der Waals surface area contributed by atoms with Crippen molar-refractivity contribution in [1.82, 2.24) is 19.9 Å². The number of pyridine rings is 1. The zero-order valence-electron chi connectivity index (χ0n) is 42.5. The Morgan fingerprint density at radius 1 is 0.276 bits per heavy atom. The molecule has 4 nitrogen and oxygen atoms in total. The van der Waals surface area contributed by atoms with Crippen molar-refractivity contribution in [1.29, 1.82) is 0 Å². The van der Waals surface area contributed by atoms with Crippen molar-refractivity contribution in [2.45, 2.75) is 26.2 Å². The summed E-state index contributed by atoms with van der Waals surface area (Å²) >= 11 is 0. The molecule has 0 amide bonds. The molecule has 1 aliphatic carbocycles. The highest BCUT2D eigenvalue weighted by molar-refractivity contribution is 6.09. The Balaban J connectivity index is 0.967. The first-order valence-corrected chi connectivity index (χ1v) is 26.1. The summed E-state index contributed by atoms with van der Waals surface area (Å²) in [6.07, 6.45) is 0. The van der Waals surface area contributed by atoms with Crippen LogP contribution in [-0.2, 0) is 5.41 Å². The zero-order valence-corrected chi connectivity index (χ0v) is 42.5. The molecule has 14 rings (SSSR count). The molecule has 0 spiro atoms. The quantitative estimate of drug-likeness (QED) is 0.152. The lowest BCUT2D eigenvalue weighted by molar-refractivity contribution is 0.661. The van der Waals surface area contributed by atoms with Crippen molar-refractivity contribution in [3.63, 3.8) is 0 Å². The topological polar surface area (TPSA) is 51.6 Å². The highest BCUT2D eigenvalue weighted by Gasteiger charge is 2.37. The lowest BCUT2D eigenvalue weighted by Crippen LogP contribution is -2.15. The first-order valence-electron chi connectivity index (χ1n) is 26.1. The van der Waals surface area contributed by atoms with E-state index in [1.54, 1.807) is 0 Å². The van der Waals surface area contributed by atoms with Gasteiger partial charge in [-0.3, -0.25) is 4.98 Å². The standard InChI is InChI=1S/C72H50N4/c1-45-15-12-28-67(73-45)55-21-13-20-53(40-55)56-41-57(64-44-66-68(62-24-9-8-23-61(62)64)63-25-10-11-27-65(63)72(66,2)3)43-58(42-56)71-75-69(50-34-29-47(30-35-50)54-38-31-46-16-4-5-18-52(46)39-54)74-70(76-71)51-36-32-49(33-37-51)60-26-14-19-48-17-6-7-22-59(48)60/h4-44H,1-3H3. The molecule has 2 aromatic heterocycles. The number of fused-ring (bicyclic) bond motifs is 7. The van der Waals surface area contributed by atoms with Gasteiger partial charge in [-0.25, -0.2) is 15.0 Å². The van der Waals surface area contributed by atoms with E-state index in [0.29, 0.717) is 17.5 Å². The lowest BCUT2D eigenvalue weighted by Gasteiger charge is -2.23. The SMILES string of the molecule is Cc1cccc(-c2cccc(-c3cc(-c4nc(-c5ccc(-c6ccc7ccccc7c6)cc5)nc(-c5ccc(-c6cccc7ccccc67)cc5)n4)cc(-c4cc5c(c6ccccc46)-c4ccccc4C5(C)C)c3)c2)n1. The Bertz CT molecular complexity index is 4430. The van der Waals surface area contributed by atoms with E-state index in [1.165, 1.54) is 60.1 Å². The van der Waals surface area contributed by atoms with Crippen LogP contribution in [0.15, 0.2) is 249 Å². The van der Waals surface area contributed by atoms with Crippen LogP contribution in [0.5, 0.6) is 0 Å². The second-order valence-electron chi connectivity index (χ2n) is 20.7. The summed E-state index contributed by atoms with van der Waals surface area (Å²) in [7, 11) is 0. The van der Waals surface area contributed by atoms with Gasteiger partial charge in [-0.15, -0.1) is 0 Å². The number of hydrogen-bond donors (Lipinski definition) is 0. The van der Waals surface area contributed by atoms with Gasteiger partial charge in [-0.2, -0.15) is 0 Å². The van der Waals surface area contributed by atoms with Gasteiger partial charge in [0.2, 0.25) is 0 Å². The summed E-state index contributed by atoms with van der Waals surface area (Å²) in [5.74, 6) is 1.80. The first-order chi connectivity index (χ1) is 37.3. The molecule has 0 fully saturated rings. The van der Waals surface area contributed by atoms with Crippen molar-refractivity contribution in [3.05, 3.63) is 266 Å². The van der Waals surface area contributed by atoms with Gasteiger partial charge in [-0.1, -0.05) is 214 Å². The van der Waals surface area contributed by atoms with Gasteiger partial charge in [0.15, 0.2) is 17.5 Å². The lowest BCUT2D eigenvalue weighted by atomic mass is 9.80. The minimum atomic E-state index is -0.203. The molecule has 0 saturated carbocycles. The Hall–Kier alpha value is -9.64. The highest BCUT2D eigenvalue weighted by Crippen LogP contribution is 2.53. The van der Waals surface area contributed by atoms with E-state index >= 15 is 0 Å². The molecule has 13 aromatic rings. The van der Waals surface area contributed by atoms with E-state index in [9.17, 15) is 0 Å². The monoisotopic (exact) mass is 970 g/mol. The van der Waals surface area contributed by atoms with E-state index < -0.39 is 0 Å². The Labute approximate surface area is 442 Å². The number of rotatable bonds is 8. The molecule has 358 valence electrons. The Morgan fingerprint density at radius 2 is 0.803 bits per heavy atom. The average Bonchev–Trinajstić information content (AvgIpc) is 3.93. The van der Waals surface area contributed by atoms with Gasteiger partial charge < -0.3 is 0 Å². The molecule has 1 aliphatic rings. The second kappa shape index (κ2) is 18.1. The molecule has 0 aliphatic heterocycles. The molecule has 4 heteroatoms. The minimum Gasteiger partial charge on any atom is -0.253 e. The molecule has 0 atom stereocenters. The molecule has 76 heavy (non-hydrogen) atoms. The van der Waals surface area contributed by atoms with Crippen LogP contribution in [0.1, 0.15) is 30.7 Å². The normalized spacial score (nSPS) is 12.5. The van der Waals surface area contributed by atoms with Crippen LogP contribution < -0.4 is 0 Å². The molecule has 0 unspecified atom stereocenters. The molecule has 0 radical (unpaired) electrons. The first kappa shape index (κ1) is 45.0. The van der Waals surface area contributed by atoms with Crippen LogP contribution in [-0.4, -0.2) is 19.9 Å². The number of nitrogens with zero attached hydrogens (tertiary/aromatic N) is 4. The third-order valence-electron chi connectivity index (χ3n) is 15.6. The van der Waals surface area contributed by atoms with Crippen LogP contribution in [0.4, 0.5) is 0 Å². The fourth-order valence-electron chi connectivity index (χ4n) is 11.6. The fraction of sp³-hybridized carbons (Fsp3) is 0.0556. The maximum atomic E-state index is 5.43. The summed E-state index contributed by atoms with van der Waals surface area (Å²) in [6, 6.07) is 89.6. The van der Waals surface area contributed by atoms with Gasteiger partial charge in [0, 0.05) is 33.4 Å². The molecular weight excluding hydrogens is 921 g/mol. The van der Waals surface area contributed by atoms with Crippen LogP contribution in [0.2, 0.25) is 0 Å². The summed E-state index contributed by atoms with van der Waals surface area (Å²) in [4.78, 5) is 21.1. The van der Waals surface area contributed by atoms with Crippen LogP contribution in [0.25, 0.3) is 133 Å². The molecule has 0 saturated heterocycles. The van der Waals surface area contributed by atoms with Crippen molar-refractivity contribution in [2.24, 2.45) is 0 Å². The summed E-state index contributed by atoms with van der Waals surface area (Å²) in [6.45, 7) is 6.76. The van der Waals surface area contributed by atoms with E-state index in [1.807, 2.05) is 13.0 Å². The van der Waals surface area contributed by atoms with E-state index in [4.69, 9.17) is 19.9 Å². The minimum absolute atomic E-state index is 0.203. The van der Waals surface area contributed by atoms with Crippen molar-refractivity contribution < 1.29 is 0 Å². The van der Waals surface area contributed by atoms with E-state index in [0.717, 1.165) is 72.6 Å². The van der Waals surface area contributed by atoms with Gasteiger partial charge in [0.25, 0.3) is 0 Å². The van der Waals surface area contributed by atoms with Gasteiger partial charge >= 0.3 is 0 Å². The van der Waals surface area contributed by atoms with Gasteiger partial charge in [0.05, 0.1) is 5.69 Å². The molecule has 0 N–H and O–H groups in total. The third kappa shape index (κ3) is 7.86. The number of aryl methyl sites for hydroxylation is 1. The highest BCUT2D eigenvalue weighted by atomic mass is 15.0. The van der Waals surface area contributed by atoms with Crippen molar-refractivity contribution in [3.8, 4) is 101 Å². The smallest absolute Gasteiger partial charge is 0.164 e. The predicted molar refractivity (Wildman–Crippen MR) is 316 cm³/mol. The maximum absolute atomic E-state index is 5.43. The molecule has 11 aromatic carbocycles.